The minimum absolute atomic E-state index is 0.178. The van der Waals surface area contributed by atoms with Crippen LogP contribution in [0.4, 0.5) is 0 Å². The fraction of sp³-hybridized carbons (Fsp3) is 0.0833. The highest BCUT2D eigenvalue weighted by molar-refractivity contribution is 6.31. The SMILES string of the molecule is Cn1c2cc(Cl)ccc2c2c(C(=O)O)n[nH]c(=O)c21. The first-order valence-corrected chi connectivity index (χ1v) is 5.78. The fourth-order valence-electron chi connectivity index (χ4n) is 2.29. The quantitative estimate of drug-likeness (QED) is 0.709. The molecule has 0 amide bonds. The van der Waals surface area contributed by atoms with Crippen LogP contribution < -0.4 is 5.56 Å². The molecular weight excluding hydrogens is 270 g/mol. The number of carbonyl (C=O) groups is 1. The molecule has 0 spiro atoms. The Balaban J connectivity index is 2.69. The second-order valence-corrected chi connectivity index (χ2v) is 4.59. The number of nitrogens with one attached hydrogen (secondary N) is 1. The van der Waals surface area contributed by atoms with Crippen LogP contribution in [0.5, 0.6) is 0 Å². The van der Waals surface area contributed by atoms with Gasteiger partial charge in [0.25, 0.3) is 5.56 Å². The van der Waals surface area contributed by atoms with E-state index in [1.165, 1.54) is 0 Å². The fourth-order valence-corrected chi connectivity index (χ4v) is 2.45. The summed E-state index contributed by atoms with van der Waals surface area (Å²) in [4.78, 5) is 23.1. The highest BCUT2D eigenvalue weighted by Gasteiger charge is 2.20. The van der Waals surface area contributed by atoms with Crippen molar-refractivity contribution in [1.29, 1.82) is 0 Å². The van der Waals surface area contributed by atoms with Gasteiger partial charge in [0.15, 0.2) is 5.69 Å². The average Bonchev–Trinajstić information content (AvgIpc) is 2.64. The van der Waals surface area contributed by atoms with Gasteiger partial charge in [-0.15, -0.1) is 0 Å². The number of fused-ring (bicyclic) bond motifs is 3. The summed E-state index contributed by atoms with van der Waals surface area (Å²) >= 11 is 5.93. The van der Waals surface area contributed by atoms with Crippen molar-refractivity contribution in [2.24, 2.45) is 7.05 Å². The van der Waals surface area contributed by atoms with E-state index in [0.29, 0.717) is 21.3 Å². The number of H-pyrrole nitrogens is 1. The molecule has 2 aromatic heterocycles. The minimum atomic E-state index is -1.19. The van der Waals surface area contributed by atoms with Crippen LogP contribution >= 0.6 is 11.6 Å². The summed E-state index contributed by atoms with van der Waals surface area (Å²) in [6.07, 6.45) is 0. The summed E-state index contributed by atoms with van der Waals surface area (Å²) in [5.74, 6) is -1.19. The van der Waals surface area contributed by atoms with Crippen molar-refractivity contribution in [2.45, 2.75) is 0 Å². The molecule has 96 valence electrons. The van der Waals surface area contributed by atoms with Gasteiger partial charge >= 0.3 is 5.97 Å². The first-order valence-electron chi connectivity index (χ1n) is 5.40. The molecule has 0 saturated heterocycles. The summed E-state index contributed by atoms with van der Waals surface area (Å²) in [6.45, 7) is 0. The molecule has 0 aliphatic heterocycles. The maximum Gasteiger partial charge on any atom is 0.357 e. The summed E-state index contributed by atoms with van der Waals surface area (Å²) < 4.78 is 1.61. The zero-order valence-electron chi connectivity index (χ0n) is 9.77. The molecule has 0 aliphatic carbocycles. The smallest absolute Gasteiger partial charge is 0.357 e. The van der Waals surface area contributed by atoms with E-state index in [-0.39, 0.29) is 11.2 Å². The van der Waals surface area contributed by atoms with E-state index in [9.17, 15) is 14.7 Å². The maximum atomic E-state index is 11.9. The van der Waals surface area contributed by atoms with Crippen LogP contribution in [-0.2, 0) is 7.05 Å². The molecule has 1 aromatic carbocycles. The van der Waals surface area contributed by atoms with E-state index in [1.807, 2.05) is 0 Å². The number of aromatic amines is 1. The number of benzene rings is 1. The third-order valence-corrected chi connectivity index (χ3v) is 3.32. The van der Waals surface area contributed by atoms with Gasteiger partial charge in [-0.2, -0.15) is 5.10 Å². The zero-order chi connectivity index (χ0) is 13.7. The van der Waals surface area contributed by atoms with Gasteiger partial charge in [-0.3, -0.25) is 4.79 Å². The molecule has 19 heavy (non-hydrogen) atoms. The lowest BCUT2D eigenvalue weighted by Crippen LogP contribution is -2.15. The number of aryl methyl sites for hydroxylation is 1. The van der Waals surface area contributed by atoms with Crippen molar-refractivity contribution in [3.63, 3.8) is 0 Å². The third-order valence-electron chi connectivity index (χ3n) is 3.09. The molecule has 0 bridgehead atoms. The van der Waals surface area contributed by atoms with Gasteiger partial charge in [0, 0.05) is 22.8 Å². The number of rotatable bonds is 1. The first kappa shape index (κ1) is 11.7. The Morgan fingerprint density at radius 1 is 1.47 bits per heavy atom. The Bertz CT molecular complexity index is 894. The van der Waals surface area contributed by atoms with Gasteiger partial charge in [-0.05, 0) is 12.1 Å². The topological polar surface area (TPSA) is 88.0 Å². The van der Waals surface area contributed by atoms with Gasteiger partial charge in [0.1, 0.15) is 5.52 Å². The zero-order valence-corrected chi connectivity index (χ0v) is 10.5. The van der Waals surface area contributed by atoms with Crippen LogP contribution in [-0.4, -0.2) is 25.8 Å². The summed E-state index contributed by atoms with van der Waals surface area (Å²) in [6, 6.07) is 5.02. The minimum Gasteiger partial charge on any atom is -0.476 e. The molecule has 2 N–H and O–H groups in total. The summed E-state index contributed by atoms with van der Waals surface area (Å²) in [5.41, 5.74) is 0.338. The van der Waals surface area contributed by atoms with E-state index < -0.39 is 11.5 Å². The molecule has 0 fully saturated rings. The van der Waals surface area contributed by atoms with Crippen molar-refractivity contribution in [3.8, 4) is 0 Å². The van der Waals surface area contributed by atoms with Gasteiger partial charge < -0.3 is 9.67 Å². The predicted octanol–water partition coefficient (Wildman–Crippen LogP) is 1.77. The van der Waals surface area contributed by atoms with Crippen LogP contribution in [0.2, 0.25) is 5.02 Å². The van der Waals surface area contributed by atoms with Crippen LogP contribution in [0.25, 0.3) is 21.8 Å². The summed E-state index contributed by atoms with van der Waals surface area (Å²) in [5, 5.41) is 16.5. The van der Waals surface area contributed by atoms with Crippen molar-refractivity contribution in [1.82, 2.24) is 14.8 Å². The van der Waals surface area contributed by atoms with Crippen molar-refractivity contribution < 1.29 is 9.90 Å². The van der Waals surface area contributed by atoms with Gasteiger partial charge in [-0.1, -0.05) is 17.7 Å². The number of carboxylic acid groups (broad SMARTS) is 1. The third kappa shape index (κ3) is 1.53. The molecule has 0 radical (unpaired) electrons. The molecule has 0 aliphatic rings. The Kier molecular flexibility index (Phi) is 2.36. The second kappa shape index (κ2) is 3.83. The highest BCUT2D eigenvalue weighted by atomic mass is 35.5. The van der Waals surface area contributed by atoms with Gasteiger partial charge in [0.2, 0.25) is 0 Å². The number of hydrogen-bond donors (Lipinski definition) is 2. The van der Waals surface area contributed by atoms with Crippen LogP contribution in [0.1, 0.15) is 10.5 Å². The number of carboxylic acids is 1. The van der Waals surface area contributed by atoms with Crippen molar-refractivity contribution in [3.05, 3.63) is 39.3 Å². The van der Waals surface area contributed by atoms with E-state index in [1.54, 1.807) is 29.8 Å². The normalized spacial score (nSPS) is 11.3. The van der Waals surface area contributed by atoms with Gasteiger partial charge in [-0.25, -0.2) is 9.89 Å². The first-order chi connectivity index (χ1) is 9.00. The van der Waals surface area contributed by atoms with Crippen LogP contribution in [0, 0.1) is 0 Å². The van der Waals surface area contributed by atoms with E-state index in [4.69, 9.17) is 11.6 Å². The maximum absolute atomic E-state index is 11.9. The molecule has 7 heteroatoms. The van der Waals surface area contributed by atoms with Crippen LogP contribution in [0.3, 0.4) is 0 Å². The molecule has 0 atom stereocenters. The number of aromatic carboxylic acids is 1. The van der Waals surface area contributed by atoms with Crippen molar-refractivity contribution in [2.75, 3.05) is 0 Å². The Morgan fingerprint density at radius 3 is 2.89 bits per heavy atom. The highest BCUT2D eigenvalue weighted by Crippen LogP contribution is 2.29. The molecule has 3 aromatic rings. The predicted molar refractivity (Wildman–Crippen MR) is 70.8 cm³/mol. The standard InChI is InChI=1S/C12H8ClN3O3/c1-16-7-4-5(13)2-3-6(7)8-9(12(18)19)14-15-11(17)10(8)16/h2-4H,1H3,(H,15,17)(H,18,19). The lowest BCUT2D eigenvalue weighted by Gasteiger charge is -1.97. The molecule has 0 unspecified atom stereocenters. The van der Waals surface area contributed by atoms with E-state index in [0.717, 1.165) is 0 Å². The molecule has 3 rings (SSSR count). The Morgan fingerprint density at radius 2 is 2.21 bits per heavy atom. The van der Waals surface area contributed by atoms with Crippen LogP contribution in [0.15, 0.2) is 23.0 Å². The molecule has 0 saturated carbocycles. The number of aromatic nitrogens is 3. The molecule has 2 heterocycles. The molecular formula is C12H8ClN3O3. The van der Waals surface area contributed by atoms with Crippen molar-refractivity contribution >= 4 is 39.4 Å². The number of halogens is 1. The number of hydrogen-bond acceptors (Lipinski definition) is 3. The Hall–Kier alpha value is -2.34. The lowest BCUT2D eigenvalue weighted by atomic mass is 10.1. The summed E-state index contributed by atoms with van der Waals surface area (Å²) in [7, 11) is 1.68. The Labute approximate surface area is 111 Å². The molecule has 6 nitrogen and oxygen atoms in total. The van der Waals surface area contributed by atoms with Gasteiger partial charge in [0.05, 0.1) is 5.52 Å². The van der Waals surface area contributed by atoms with E-state index in [2.05, 4.69) is 10.2 Å². The largest absolute Gasteiger partial charge is 0.476 e. The van der Waals surface area contributed by atoms with E-state index >= 15 is 0 Å². The second-order valence-electron chi connectivity index (χ2n) is 4.15. The lowest BCUT2D eigenvalue weighted by molar-refractivity contribution is 0.0691. The monoisotopic (exact) mass is 277 g/mol. The number of nitrogens with zero attached hydrogens (tertiary/aromatic N) is 2. The average molecular weight is 278 g/mol.